The van der Waals surface area contributed by atoms with Gasteiger partial charge in [0, 0.05) is 71.5 Å². The highest BCUT2D eigenvalue weighted by molar-refractivity contribution is 5.97. The maximum Gasteiger partial charge on any atom is 0.247 e. The van der Waals surface area contributed by atoms with Crippen molar-refractivity contribution >= 4 is 23.8 Å². The minimum absolute atomic E-state index is 0.0180. The number of nitrogens with one attached hydrogen (secondary N) is 4. The molecule has 0 saturated carbocycles. The molecule has 0 bridgehead atoms. The van der Waals surface area contributed by atoms with E-state index in [1.165, 1.54) is 0 Å². The minimum Gasteiger partial charge on any atom is -0.550 e. The number of aliphatic carboxylic acids is 2. The molecular weight excluding hydrogens is 548 g/mol. The summed E-state index contributed by atoms with van der Waals surface area (Å²) < 4.78 is 0. The third-order valence-electron chi connectivity index (χ3n) is 9.79. The van der Waals surface area contributed by atoms with Crippen LogP contribution in [0.4, 0.5) is 0 Å². The Labute approximate surface area is 253 Å². The van der Waals surface area contributed by atoms with E-state index in [1.54, 1.807) is 0 Å². The average Bonchev–Trinajstić information content (AvgIpc) is 3.59. The summed E-state index contributed by atoms with van der Waals surface area (Å²) in [6.45, 7) is 11.9. The summed E-state index contributed by atoms with van der Waals surface area (Å²) in [5.74, 6) is -2.11. The summed E-state index contributed by atoms with van der Waals surface area (Å²) in [6.07, 6.45) is 3.44. The van der Waals surface area contributed by atoms with Crippen LogP contribution < -0.4 is 20.8 Å². The average molecular weight is 593 g/mol. The number of carboxylic acid groups (broad SMARTS) is 2. The molecule has 4 atom stereocenters. The van der Waals surface area contributed by atoms with Gasteiger partial charge < -0.3 is 40.4 Å². The van der Waals surface area contributed by atoms with Crippen molar-refractivity contribution in [3.63, 3.8) is 0 Å². The Bertz CT molecular complexity index is 1450. The van der Waals surface area contributed by atoms with E-state index >= 15 is 0 Å². The Morgan fingerprint density at radius 1 is 0.791 bits per heavy atom. The first-order valence-electron chi connectivity index (χ1n) is 15.4. The Morgan fingerprint density at radius 2 is 1.33 bits per heavy atom. The molecule has 0 aromatic carbocycles. The van der Waals surface area contributed by atoms with Crippen LogP contribution in [-0.2, 0) is 51.3 Å². The fraction of sp³-hybridized carbons (Fsp3) is 0.576. The highest BCUT2D eigenvalue weighted by Gasteiger charge is 2.38. The van der Waals surface area contributed by atoms with Crippen molar-refractivity contribution in [1.29, 1.82) is 0 Å². The summed E-state index contributed by atoms with van der Waals surface area (Å²) in [4.78, 5) is 54.8. The fourth-order valence-corrected chi connectivity index (χ4v) is 7.15. The first-order chi connectivity index (χ1) is 20.4. The van der Waals surface area contributed by atoms with Crippen molar-refractivity contribution in [1.82, 2.24) is 20.6 Å². The van der Waals surface area contributed by atoms with Crippen LogP contribution in [0, 0.1) is 25.7 Å². The number of carbonyl (C=O) groups is 4. The zero-order valence-electron chi connectivity index (χ0n) is 26.1. The van der Waals surface area contributed by atoms with E-state index in [0.29, 0.717) is 32.1 Å². The van der Waals surface area contributed by atoms with E-state index < -0.39 is 11.9 Å². The lowest BCUT2D eigenvalue weighted by molar-refractivity contribution is -0.307. The third kappa shape index (κ3) is 6.73. The van der Waals surface area contributed by atoms with Crippen molar-refractivity contribution < 1.29 is 29.4 Å². The second kappa shape index (κ2) is 13.2. The summed E-state index contributed by atoms with van der Waals surface area (Å²) in [5.41, 5.74) is 9.15. The predicted molar refractivity (Wildman–Crippen MR) is 158 cm³/mol. The van der Waals surface area contributed by atoms with Gasteiger partial charge in [-0.05, 0) is 86.6 Å². The van der Waals surface area contributed by atoms with E-state index in [4.69, 9.17) is 0 Å². The summed E-state index contributed by atoms with van der Waals surface area (Å²) in [7, 11) is 0. The van der Waals surface area contributed by atoms with Crippen molar-refractivity contribution in [3.05, 3.63) is 56.2 Å². The second-order valence-corrected chi connectivity index (χ2v) is 12.2. The molecule has 2 amide bonds. The van der Waals surface area contributed by atoms with Crippen molar-refractivity contribution in [2.75, 3.05) is 0 Å². The van der Waals surface area contributed by atoms with Gasteiger partial charge in [0.05, 0.1) is 6.04 Å². The van der Waals surface area contributed by atoms with Gasteiger partial charge in [-0.2, -0.15) is 0 Å². The van der Waals surface area contributed by atoms with Crippen LogP contribution in [0.1, 0.15) is 98.4 Å². The molecule has 1 fully saturated rings. The molecule has 4 N–H and O–H groups in total. The maximum atomic E-state index is 12.4. The number of hydrogen-bond acceptors (Lipinski definition) is 6. The molecule has 234 valence electrons. The number of carboxylic acids is 2. The predicted octanol–water partition coefficient (Wildman–Crippen LogP) is 1.39. The second-order valence-electron chi connectivity index (χ2n) is 12.2. The van der Waals surface area contributed by atoms with E-state index in [-0.39, 0.29) is 55.0 Å². The molecule has 10 heteroatoms. The number of carbonyl (C=O) groups excluding carboxylic acids is 4. The van der Waals surface area contributed by atoms with Crippen LogP contribution in [0.5, 0.6) is 0 Å². The van der Waals surface area contributed by atoms with Crippen LogP contribution in [0.2, 0.25) is 0 Å². The standard InChI is InChI=1S/C33H46N4O6/c1-7-20-19(6)32(42)37-27(20)14-25-18(5)23(10-12-31(40)41)29(35-25)15-28-22(9-11-30(38)39)17(4)24(34-28)13-26-16(3)21(8-2)33(43)36-26/h19-20,26-27,34-35H,7-15H2,1-6H3,(H,36,43)(H,37,42)(H,38,39)(H,40,41)/p-2. The van der Waals surface area contributed by atoms with Crippen molar-refractivity contribution in [3.8, 4) is 0 Å². The molecule has 0 spiro atoms. The Morgan fingerprint density at radius 3 is 1.79 bits per heavy atom. The quantitative estimate of drug-likeness (QED) is 0.258. The van der Waals surface area contributed by atoms with Gasteiger partial charge in [0.15, 0.2) is 0 Å². The highest BCUT2D eigenvalue weighted by atomic mass is 16.4. The molecule has 0 aliphatic carbocycles. The molecule has 4 heterocycles. The van der Waals surface area contributed by atoms with Crippen molar-refractivity contribution in [2.24, 2.45) is 11.8 Å². The number of rotatable bonds is 14. The van der Waals surface area contributed by atoms with Crippen LogP contribution in [0.3, 0.4) is 0 Å². The van der Waals surface area contributed by atoms with Gasteiger partial charge in [-0.25, -0.2) is 0 Å². The molecule has 43 heavy (non-hydrogen) atoms. The van der Waals surface area contributed by atoms with Gasteiger partial charge in [-0.3, -0.25) is 9.59 Å². The largest absolute Gasteiger partial charge is 0.550 e. The van der Waals surface area contributed by atoms with Gasteiger partial charge in [-0.15, -0.1) is 0 Å². The number of amides is 2. The minimum atomic E-state index is -1.13. The van der Waals surface area contributed by atoms with Gasteiger partial charge in [0.25, 0.3) is 0 Å². The van der Waals surface area contributed by atoms with E-state index in [2.05, 4.69) is 27.5 Å². The van der Waals surface area contributed by atoms with Crippen LogP contribution in [0.25, 0.3) is 0 Å². The lowest BCUT2D eigenvalue weighted by Gasteiger charge is -2.19. The first-order valence-corrected chi connectivity index (χ1v) is 15.4. The number of hydrogen-bond donors (Lipinski definition) is 4. The SMILES string of the molecule is CCC1=C(C)C(Cc2[nH]c(Cc3[nH]c(CC4NC(=O)C(C)C4CC)c(C)c3CCC(=O)[O-])c(CCC(=O)[O-])c2C)NC1=O. The molecule has 1 saturated heterocycles. The maximum absolute atomic E-state index is 12.4. The Balaban J connectivity index is 1.69. The van der Waals surface area contributed by atoms with Crippen molar-refractivity contribution in [2.45, 2.75) is 111 Å². The van der Waals surface area contributed by atoms with Crippen LogP contribution >= 0.6 is 0 Å². The van der Waals surface area contributed by atoms with E-state index in [0.717, 1.165) is 62.6 Å². The zero-order chi connectivity index (χ0) is 31.6. The lowest BCUT2D eigenvalue weighted by atomic mass is 9.87. The van der Waals surface area contributed by atoms with E-state index in [1.807, 2.05) is 34.6 Å². The third-order valence-corrected chi connectivity index (χ3v) is 9.79. The molecule has 0 radical (unpaired) electrons. The normalized spacial score (nSPS) is 21.9. The van der Waals surface area contributed by atoms with Gasteiger partial charge >= 0.3 is 0 Å². The molecular formula is C33H44N4O6-2. The molecule has 2 aliphatic rings. The fourth-order valence-electron chi connectivity index (χ4n) is 7.15. The summed E-state index contributed by atoms with van der Waals surface area (Å²) >= 11 is 0. The summed E-state index contributed by atoms with van der Waals surface area (Å²) in [5, 5.41) is 29.1. The Hall–Kier alpha value is -3.82. The molecule has 2 aliphatic heterocycles. The van der Waals surface area contributed by atoms with Crippen LogP contribution in [0.15, 0.2) is 11.1 Å². The van der Waals surface area contributed by atoms with Gasteiger partial charge in [0.1, 0.15) is 0 Å². The zero-order valence-corrected chi connectivity index (χ0v) is 26.1. The summed E-state index contributed by atoms with van der Waals surface area (Å²) in [6, 6.07) is -0.161. The topological polar surface area (TPSA) is 170 Å². The molecule has 4 unspecified atom stereocenters. The van der Waals surface area contributed by atoms with Gasteiger partial charge in [0.2, 0.25) is 11.8 Å². The van der Waals surface area contributed by atoms with Gasteiger partial charge in [-0.1, -0.05) is 27.2 Å². The molecule has 2 aromatic rings. The molecule has 4 rings (SSSR count). The number of aromatic amines is 2. The van der Waals surface area contributed by atoms with E-state index in [9.17, 15) is 29.4 Å². The molecule has 10 nitrogen and oxygen atoms in total. The number of aromatic nitrogens is 2. The molecule has 2 aromatic heterocycles. The monoisotopic (exact) mass is 592 g/mol. The first kappa shape index (κ1) is 32.1. The Kier molecular flexibility index (Phi) is 9.87. The number of H-pyrrole nitrogens is 2. The lowest BCUT2D eigenvalue weighted by Crippen LogP contribution is -2.31. The smallest absolute Gasteiger partial charge is 0.247 e. The van der Waals surface area contributed by atoms with Crippen LogP contribution in [-0.4, -0.2) is 45.8 Å². The highest BCUT2D eigenvalue weighted by Crippen LogP contribution is 2.32.